The molecule has 4 nitrogen and oxygen atoms in total. The summed E-state index contributed by atoms with van der Waals surface area (Å²) >= 11 is 3.31. The van der Waals surface area contributed by atoms with Crippen LogP contribution in [0, 0.1) is 0 Å². The molecule has 0 saturated heterocycles. The van der Waals surface area contributed by atoms with E-state index >= 15 is 0 Å². The molecule has 0 heterocycles. The van der Waals surface area contributed by atoms with Gasteiger partial charge in [-0.1, -0.05) is 35.0 Å². The lowest BCUT2D eigenvalue weighted by atomic mass is 10.1. The Morgan fingerprint density at radius 3 is 2.59 bits per heavy atom. The third-order valence-corrected chi connectivity index (χ3v) is 2.83. The van der Waals surface area contributed by atoms with Gasteiger partial charge in [-0.25, -0.2) is 0 Å². The van der Waals surface area contributed by atoms with Gasteiger partial charge in [0.05, 0.1) is 13.1 Å². The number of primary amides is 1. The van der Waals surface area contributed by atoms with Crippen LogP contribution in [0.2, 0.25) is 0 Å². The van der Waals surface area contributed by atoms with Crippen molar-refractivity contribution in [3.8, 4) is 0 Å². The van der Waals surface area contributed by atoms with Gasteiger partial charge in [-0.3, -0.25) is 14.5 Å². The van der Waals surface area contributed by atoms with Crippen molar-refractivity contribution in [1.82, 2.24) is 4.90 Å². The van der Waals surface area contributed by atoms with Crippen LogP contribution >= 0.6 is 15.9 Å². The smallest absolute Gasteiger partial charge is 0.231 e. The van der Waals surface area contributed by atoms with Crippen LogP contribution < -0.4 is 5.73 Å². The monoisotopic (exact) mass is 298 g/mol. The van der Waals surface area contributed by atoms with E-state index < -0.39 is 5.91 Å². The molecule has 2 N–H and O–H groups in total. The second-order valence-corrected chi connectivity index (χ2v) is 4.62. The number of rotatable bonds is 6. The fourth-order valence-electron chi connectivity index (χ4n) is 1.46. The number of halogens is 1. The number of ketones is 1. The zero-order valence-electron chi connectivity index (χ0n) is 9.65. The van der Waals surface area contributed by atoms with Crippen LogP contribution in [0.4, 0.5) is 0 Å². The number of hydrogen-bond donors (Lipinski definition) is 1. The van der Waals surface area contributed by atoms with Gasteiger partial charge in [0.25, 0.3) is 0 Å². The first-order chi connectivity index (χ1) is 8.02. The fourth-order valence-corrected chi connectivity index (χ4v) is 1.86. The quantitative estimate of drug-likeness (QED) is 0.808. The molecule has 0 aliphatic carbocycles. The normalized spacial score (nSPS) is 10.5. The molecular formula is C12H15BrN2O2. The SMILES string of the molecule is CCN(CC(N)=O)CC(=O)c1cccc(Br)c1. The van der Waals surface area contributed by atoms with E-state index in [2.05, 4.69) is 15.9 Å². The van der Waals surface area contributed by atoms with E-state index in [1.807, 2.05) is 19.1 Å². The lowest BCUT2D eigenvalue weighted by Gasteiger charge is -2.17. The zero-order valence-corrected chi connectivity index (χ0v) is 11.2. The van der Waals surface area contributed by atoms with Gasteiger partial charge in [0, 0.05) is 10.0 Å². The Hall–Kier alpha value is -1.20. The number of likely N-dealkylation sites (N-methyl/N-ethyl adjacent to an activating group) is 1. The molecule has 5 heteroatoms. The summed E-state index contributed by atoms with van der Waals surface area (Å²) in [5.74, 6) is -0.441. The predicted molar refractivity (Wildman–Crippen MR) is 69.8 cm³/mol. The molecule has 0 aliphatic heterocycles. The Balaban J connectivity index is 2.67. The van der Waals surface area contributed by atoms with Crippen LogP contribution in [0.15, 0.2) is 28.7 Å². The van der Waals surface area contributed by atoms with Crippen LogP contribution in [-0.4, -0.2) is 36.2 Å². The molecule has 1 rings (SSSR count). The standard InChI is InChI=1S/C12H15BrN2O2/c1-2-15(8-12(14)17)7-11(16)9-4-3-5-10(13)6-9/h3-6H,2,7-8H2,1H3,(H2,14,17). The number of benzene rings is 1. The van der Waals surface area contributed by atoms with E-state index in [0.717, 1.165) is 4.47 Å². The van der Waals surface area contributed by atoms with Crippen molar-refractivity contribution < 1.29 is 9.59 Å². The molecule has 1 aromatic rings. The molecular weight excluding hydrogens is 284 g/mol. The summed E-state index contributed by atoms with van der Waals surface area (Å²) in [6, 6.07) is 7.19. The molecule has 0 unspecified atom stereocenters. The summed E-state index contributed by atoms with van der Waals surface area (Å²) in [7, 11) is 0. The van der Waals surface area contributed by atoms with Gasteiger partial charge in [-0.2, -0.15) is 0 Å². The molecule has 0 fully saturated rings. The van der Waals surface area contributed by atoms with Crippen molar-refractivity contribution >= 4 is 27.6 Å². The van der Waals surface area contributed by atoms with E-state index in [1.165, 1.54) is 0 Å². The Bertz CT molecular complexity index is 421. The molecule has 17 heavy (non-hydrogen) atoms. The number of carbonyl (C=O) groups is 2. The Morgan fingerprint density at radius 1 is 1.35 bits per heavy atom. The van der Waals surface area contributed by atoms with Crippen LogP contribution in [-0.2, 0) is 4.79 Å². The molecule has 0 spiro atoms. The molecule has 1 aromatic carbocycles. The van der Waals surface area contributed by atoms with Gasteiger partial charge in [0.2, 0.25) is 5.91 Å². The number of amides is 1. The molecule has 0 aliphatic rings. The molecule has 92 valence electrons. The topological polar surface area (TPSA) is 63.4 Å². The predicted octanol–water partition coefficient (Wildman–Crippen LogP) is 1.44. The van der Waals surface area contributed by atoms with E-state index in [1.54, 1.807) is 17.0 Å². The molecule has 0 aromatic heterocycles. The summed E-state index contributed by atoms with van der Waals surface area (Å²) in [4.78, 5) is 24.4. The third kappa shape index (κ3) is 4.66. The van der Waals surface area contributed by atoms with E-state index in [0.29, 0.717) is 12.1 Å². The van der Waals surface area contributed by atoms with Crippen molar-refractivity contribution in [3.63, 3.8) is 0 Å². The average Bonchev–Trinajstić information content (AvgIpc) is 2.27. The molecule has 0 atom stereocenters. The summed E-state index contributed by atoms with van der Waals surface area (Å²) in [6.45, 7) is 2.81. The summed E-state index contributed by atoms with van der Waals surface area (Å²) in [5.41, 5.74) is 5.74. The van der Waals surface area contributed by atoms with Gasteiger partial charge < -0.3 is 5.73 Å². The molecule has 0 saturated carbocycles. The summed E-state index contributed by atoms with van der Waals surface area (Å²) < 4.78 is 0.862. The average molecular weight is 299 g/mol. The van der Waals surface area contributed by atoms with Crippen molar-refractivity contribution in [2.45, 2.75) is 6.92 Å². The first-order valence-corrected chi connectivity index (χ1v) is 6.11. The van der Waals surface area contributed by atoms with Gasteiger partial charge in [0.1, 0.15) is 0 Å². The number of nitrogens with two attached hydrogens (primary N) is 1. The van der Waals surface area contributed by atoms with Crippen molar-refractivity contribution in [3.05, 3.63) is 34.3 Å². The Labute approximate surface area is 109 Å². The zero-order chi connectivity index (χ0) is 12.8. The minimum atomic E-state index is -0.422. The lowest BCUT2D eigenvalue weighted by Crippen LogP contribution is -2.37. The Kier molecular flexibility index (Phi) is 5.31. The minimum Gasteiger partial charge on any atom is -0.369 e. The van der Waals surface area contributed by atoms with Gasteiger partial charge >= 0.3 is 0 Å². The number of nitrogens with zero attached hydrogens (tertiary/aromatic N) is 1. The lowest BCUT2D eigenvalue weighted by molar-refractivity contribution is -0.118. The fraction of sp³-hybridized carbons (Fsp3) is 0.333. The Morgan fingerprint density at radius 2 is 2.06 bits per heavy atom. The highest BCUT2D eigenvalue weighted by atomic mass is 79.9. The van der Waals surface area contributed by atoms with Gasteiger partial charge in [-0.15, -0.1) is 0 Å². The molecule has 0 bridgehead atoms. The maximum Gasteiger partial charge on any atom is 0.231 e. The maximum absolute atomic E-state index is 11.9. The van der Waals surface area contributed by atoms with E-state index in [-0.39, 0.29) is 18.9 Å². The molecule has 1 amide bonds. The third-order valence-electron chi connectivity index (χ3n) is 2.34. The number of hydrogen-bond acceptors (Lipinski definition) is 3. The highest BCUT2D eigenvalue weighted by molar-refractivity contribution is 9.10. The second-order valence-electron chi connectivity index (χ2n) is 3.70. The highest BCUT2D eigenvalue weighted by Crippen LogP contribution is 2.12. The maximum atomic E-state index is 11.9. The van der Waals surface area contributed by atoms with E-state index in [4.69, 9.17) is 5.73 Å². The van der Waals surface area contributed by atoms with Gasteiger partial charge in [-0.05, 0) is 18.7 Å². The minimum absolute atomic E-state index is 0.0191. The highest BCUT2D eigenvalue weighted by Gasteiger charge is 2.13. The first kappa shape index (κ1) is 13.9. The first-order valence-electron chi connectivity index (χ1n) is 5.32. The van der Waals surface area contributed by atoms with Crippen LogP contribution in [0.3, 0.4) is 0 Å². The van der Waals surface area contributed by atoms with E-state index in [9.17, 15) is 9.59 Å². The van der Waals surface area contributed by atoms with Crippen LogP contribution in [0.25, 0.3) is 0 Å². The van der Waals surface area contributed by atoms with Crippen LogP contribution in [0.5, 0.6) is 0 Å². The van der Waals surface area contributed by atoms with Crippen molar-refractivity contribution in [2.24, 2.45) is 5.73 Å². The van der Waals surface area contributed by atoms with Crippen molar-refractivity contribution in [2.75, 3.05) is 19.6 Å². The summed E-state index contributed by atoms with van der Waals surface area (Å²) in [6.07, 6.45) is 0. The number of Topliss-reactive ketones (excluding diaryl/α,β-unsaturated/α-hetero) is 1. The summed E-state index contributed by atoms with van der Waals surface area (Å²) in [5, 5.41) is 0. The molecule has 0 radical (unpaired) electrons. The largest absolute Gasteiger partial charge is 0.369 e. The second kappa shape index (κ2) is 6.51. The van der Waals surface area contributed by atoms with Crippen LogP contribution in [0.1, 0.15) is 17.3 Å². The van der Waals surface area contributed by atoms with Gasteiger partial charge in [0.15, 0.2) is 5.78 Å². The van der Waals surface area contributed by atoms with Crippen molar-refractivity contribution in [1.29, 1.82) is 0 Å². The number of carbonyl (C=O) groups excluding carboxylic acids is 2.